The summed E-state index contributed by atoms with van der Waals surface area (Å²) in [7, 11) is 0. The maximum atomic E-state index is 13.3. The largest absolute Gasteiger partial charge is 0.416 e. The molecule has 0 saturated heterocycles. The van der Waals surface area contributed by atoms with E-state index < -0.39 is 11.7 Å². The molecule has 0 fully saturated rings. The number of aromatic nitrogens is 1. The lowest BCUT2D eigenvalue weighted by molar-refractivity contribution is -0.137. The van der Waals surface area contributed by atoms with E-state index in [-0.39, 0.29) is 0 Å². The Morgan fingerprint density at radius 2 is 1.30 bits per heavy atom. The van der Waals surface area contributed by atoms with Gasteiger partial charge in [0.25, 0.3) is 0 Å². The Morgan fingerprint density at radius 3 is 2.10 bits per heavy atom. The zero-order chi connectivity index (χ0) is 20.7. The summed E-state index contributed by atoms with van der Waals surface area (Å²) in [5, 5.41) is 2.93. The highest BCUT2D eigenvalue weighted by molar-refractivity contribution is 6.11. The van der Waals surface area contributed by atoms with Crippen molar-refractivity contribution in [1.82, 2.24) is 4.98 Å². The summed E-state index contributed by atoms with van der Waals surface area (Å²) in [5.74, 6) is 0. The molecule has 0 radical (unpaired) electrons. The van der Waals surface area contributed by atoms with Gasteiger partial charge in [-0.3, -0.25) is 4.98 Å². The van der Waals surface area contributed by atoms with Crippen LogP contribution < -0.4 is 0 Å². The Hall–Kier alpha value is -3.66. The van der Waals surface area contributed by atoms with Crippen LogP contribution in [0.15, 0.2) is 97.2 Å². The first-order chi connectivity index (χ1) is 14.5. The number of benzene rings is 4. The number of fused-ring (bicyclic) bond motifs is 3. The van der Waals surface area contributed by atoms with Crippen molar-refractivity contribution in [3.8, 4) is 22.4 Å². The summed E-state index contributed by atoms with van der Waals surface area (Å²) in [5.41, 5.74) is 3.19. The minimum Gasteiger partial charge on any atom is -0.256 e. The number of hydrogen-bond donors (Lipinski definition) is 0. The van der Waals surface area contributed by atoms with E-state index in [4.69, 9.17) is 0 Å². The molecule has 30 heavy (non-hydrogen) atoms. The molecule has 0 spiro atoms. The summed E-state index contributed by atoms with van der Waals surface area (Å²) in [4.78, 5) is 4.57. The van der Waals surface area contributed by atoms with Crippen LogP contribution in [-0.4, -0.2) is 4.98 Å². The van der Waals surface area contributed by atoms with Gasteiger partial charge in [-0.15, -0.1) is 0 Å². The van der Waals surface area contributed by atoms with Gasteiger partial charge in [0.1, 0.15) is 0 Å². The molecule has 0 saturated carbocycles. The Labute approximate surface area is 171 Å². The highest BCUT2D eigenvalue weighted by atomic mass is 19.4. The molecule has 5 aromatic rings. The summed E-state index contributed by atoms with van der Waals surface area (Å²) in [6.45, 7) is 0. The van der Waals surface area contributed by atoms with E-state index in [1.165, 1.54) is 12.1 Å². The fraction of sp³-hybridized carbons (Fsp3) is 0.0385. The quantitative estimate of drug-likeness (QED) is 0.277. The fourth-order valence-corrected chi connectivity index (χ4v) is 3.87. The molecule has 146 valence electrons. The molecule has 0 unspecified atom stereocenters. The van der Waals surface area contributed by atoms with Crippen LogP contribution in [0.1, 0.15) is 5.56 Å². The molecular weight excluding hydrogens is 383 g/mol. The smallest absolute Gasteiger partial charge is 0.256 e. The van der Waals surface area contributed by atoms with Crippen molar-refractivity contribution in [1.29, 1.82) is 0 Å². The van der Waals surface area contributed by atoms with E-state index in [1.807, 2.05) is 60.7 Å². The number of hydrogen-bond acceptors (Lipinski definition) is 1. The van der Waals surface area contributed by atoms with Crippen molar-refractivity contribution in [3.63, 3.8) is 0 Å². The van der Waals surface area contributed by atoms with Crippen LogP contribution >= 0.6 is 0 Å². The SMILES string of the molecule is FC(F)(F)c1ccc2ccc3c(-c4cccc(-c5ccccc5)c4)nccc3c2c1. The second-order valence-corrected chi connectivity index (χ2v) is 7.20. The molecule has 4 heteroatoms. The van der Waals surface area contributed by atoms with Gasteiger partial charge in [0.2, 0.25) is 0 Å². The predicted octanol–water partition coefficient (Wildman–Crippen LogP) is 7.74. The standard InChI is InChI=1S/C26H16F3N/c27-26(28,29)21-11-9-18-10-12-23-22(24(18)16-21)13-14-30-25(23)20-8-4-7-19(15-20)17-5-2-1-3-6-17/h1-16H. The zero-order valence-electron chi connectivity index (χ0n) is 15.8. The first kappa shape index (κ1) is 18.4. The van der Waals surface area contributed by atoms with Gasteiger partial charge >= 0.3 is 6.18 Å². The molecule has 0 N–H and O–H groups in total. The summed E-state index contributed by atoms with van der Waals surface area (Å²) in [6.07, 6.45) is -2.72. The average Bonchev–Trinajstić information content (AvgIpc) is 2.78. The van der Waals surface area contributed by atoms with Gasteiger partial charge in [-0.1, -0.05) is 66.7 Å². The number of rotatable bonds is 2. The first-order valence-corrected chi connectivity index (χ1v) is 9.55. The molecule has 5 rings (SSSR count). The topological polar surface area (TPSA) is 12.9 Å². The van der Waals surface area contributed by atoms with Crippen molar-refractivity contribution >= 4 is 21.5 Å². The number of alkyl halides is 3. The molecule has 4 aromatic carbocycles. The lowest BCUT2D eigenvalue weighted by atomic mass is 9.96. The minimum absolute atomic E-state index is 0.574. The first-order valence-electron chi connectivity index (χ1n) is 9.55. The van der Waals surface area contributed by atoms with Crippen molar-refractivity contribution in [2.24, 2.45) is 0 Å². The highest BCUT2D eigenvalue weighted by Gasteiger charge is 2.30. The monoisotopic (exact) mass is 399 g/mol. The Bertz CT molecular complexity index is 1370. The fourth-order valence-electron chi connectivity index (χ4n) is 3.87. The molecule has 0 atom stereocenters. The van der Waals surface area contributed by atoms with Gasteiger partial charge in [-0.05, 0) is 51.6 Å². The third-order valence-corrected chi connectivity index (χ3v) is 5.33. The van der Waals surface area contributed by atoms with Crippen LogP contribution in [-0.2, 0) is 6.18 Å². The zero-order valence-corrected chi connectivity index (χ0v) is 15.8. The molecular formula is C26H16F3N. The van der Waals surface area contributed by atoms with Crippen LogP contribution in [0.2, 0.25) is 0 Å². The molecule has 0 aliphatic heterocycles. The van der Waals surface area contributed by atoms with Crippen LogP contribution in [0.5, 0.6) is 0 Å². The van der Waals surface area contributed by atoms with E-state index in [9.17, 15) is 13.2 Å². The molecule has 0 aliphatic carbocycles. The molecule has 0 aliphatic rings. The maximum Gasteiger partial charge on any atom is 0.416 e. The Kier molecular flexibility index (Phi) is 4.28. The van der Waals surface area contributed by atoms with Crippen LogP contribution in [0.3, 0.4) is 0 Å². The Balaban J connectivity index is 1.72. The molecule has 0 amide bonds. The Morgan fingerprint density at radius 1 is 0.567 bits per heavy atom. The lowest BCUT2D eigenvalue weighted by Gasteiger charge is -2.12. The molecule has 0 bridgehead atoms. The third-order valence-electron chi connectivity index (χ3n) is 5.33. The van der Waals surface area contributed by atoms with Gasteiger partial charge in [0.15, 0.2) is 0 Å². The number of pyridine rings is 1. The molecule has 1 nitrogen and oxygen atoms in total. The van der Waals surface area contributed by atoms with Crippen LogP contribution in [0.4, 0.5) is 13.2 Å². The lowest BCUT2D eigenvalue weighted by Crippen LogP contribution is -2.04. The maximum absolute atomic E-state index is 13.3. The summed E-state index contributed by atoms with van der Waals surface area (Å²) >= 11 is 0. The van der Waals surface area contributed by atoms with E-state index in [2.05, 4.69) is 11.1 Å². The normalized spacial score (nSPS) is 11.8. The van der Waals surface area contributed by atoms with Crippen molar-refractivity contribution in [3.05, 3.63) is 103 Å². The summed E-state index contributed by atoms with van der Waals surface area (Å²) < 4.78 is 39.8. The van der Waals surface area contributed by atoms with E-state index in [0.717, 1.165) is 44.6 Å². The highest BCUT2D eigenvalue weighted by Crippen LogP contribution is 2.36. The van der Waals surface area contributed by atoms with Crippen molar-refractivity contribution in [2.75, 3.05) is 0 Å². The predicted molar refractivity (Wildman–Crippen MR) is 115 cm³/mol. The number of halogens is 3. The van der Waals surface area contributed by atoms with Crippen LogP contribution in [0.25, 0.3) is 43.9 Å². The van der Waals surface area contributed by atoms with E-state index in [1.54, 1.807) is 12.3 Å². The number of nitrogens with zero attached hydrogens (tertiary/aromatic N) is 1. The third kappa shape index (κ3) is 3.20. The van der Waals surface area contributed by atoms with Crippen molar-refractivity contribution in [2.45, 2.75) is 6.18 Å². The van der Waals surface area contributed by atoms with Gasteiger partial charge in [0, 0.05) is 17.1 Å². The van der Waals surface area contributed by atoms with Gasteiger partial charge < -0.3 is 0 Å². The van der Waals surface area contributed by atoms with Gasteiger partial charge in [-0.2, -0.15) is 13.2 Å². The van der Waals surface area contributed by atoms with E-state index >= 15 is 0 Å². The van der Waals surface area contributed by atoms with Gasteiger partial charge in [0.05, 0.1) is 11.3 Å². The average molecular weight is 399 g/mol. The molecule has 1 heterocycles. The van der Waals surface area contributed by atoms with E-state index in [0.29, 0.717) is 5.39 Å². The van der Waals surface area contributed by atoms with Crippen LogP contribution in [0, 0.1) is 0 Å². The van der Waals surface area contributed by atoms with Crippen molar-refractivity contribution < 1.29 is 13.2 Å². The second kappa shape index (κ2) is 6.99. The summed E-state index contributed by atoms with van der Waals surface area (Å²) in [6, 6.07) is 27.5. The minimum atomic E-state index is -4.38. The second-order valence-electron chi connectivity index (χ2n) is 7.20. The molecule has 1 aromatic heterocycles. The van der Waals surface area contributed by atoms with Gasteiger partial charge in [-0.25, -0.2) is 0 Å².